The van der Waals surface area contributed by atoms with Gasteiger partial charge in [-0.15, -0.1) is 0 Å². The molecule has 0 fully saturated rings. The van der Waals surface area contributed by atoms with Crippen LogP contribution in [0.25, 0.3) is 0 Å². The van der Waals surface area contributed by atoms with Crippen molar-refractivity contribution in [2.75, 3.05) is 37.8 Å². The Bertz CT molecular complexity index is 513. The first-order valence-electron chi connectivity index (χ1n) is 6.78. The molecular weight excluding hydrogens is 290 g/mol. The lowest BCUT2D eigenvalue weighted by atomic mass is 10.3. The SMILES string of the molecule is CCN(CC(=O)NC(C)C)C(=O)c1sc(N(C)C)nc1N. The van der Waals surface area contributed by atoms with Gasteiger partial charge in [0.05, 0.1) is 6.54 Å². The molecule has 1 heterocycles. The Morgan fingerprint density at radius 3 is 2.43 bits per heavy atom. The molecule has 0 aliphatic heterocycles. The molecule has 1 aromatic rings. The van der Waals surface area contributed by atoms with Gasteiger partial charge >= 0.3 is 0 Å². The van der Waals surface area contributed by atoms with Crippen molar-refractivity contribution < 1.29 is 9.59 Å². The minimum absolute atomic E-state index is 0.0160. The van der Waals surface area contributed by atoms with Crippen LogP contribution >= 0.6 is 11.3 Å². The van der Waals surface area contributed by atoms with Gasteiger partial charge < -0.3 is 20.9 Å². The number of hydrogen-bond donors (Lipinski definition) is 2. The summed E-state index contributed by atoms with van der Waals surface area (Å²) in [6, 6.07) is 0.0418. The number of rotatable bonds is 6. The van der Waals surface area contributed by atoms with Crippen molar-refractivity contribution >= 4 is 34.1 Å². The number of likely N-dealkylation sites (N-methyl/N-ethyl adjacent to an activating group) is 1. The predicted octanol–water partition coefficient (Wildman–Crippen LogP) is 0.778. The van der Waals surface area contributed by atoms with Crippen LogP contribution in [0.4, 0.5) is 10.9 Å². The first-order valence-corrected chi connectivity index (χ1v) is 7.60. The molecule has 8 heteroatoms. The second-order valence-electron chi connectivity index (χ2n) is 5.15. The zero-order chi connectivity index (χ0) is 16.2. The topological polar surface area (TPSA) is 91.6 Å². The van der Waals surface area contributed by atoms with E-state index in [0.29, 0.717) is 16.6 Å². The maximum absolute atomic E-state index is 12.5. The van der Waals surface area contributed by atoms with Crippen LogP contribution < -0.4 is 16.0 Å². The van der Waals surface area contributed by atoms with E-state index in [-0.39, 0.29) is 30.2 Å². The number of nitrogens with one attached hydrogen (secondary N) is 1. The minimum atomic E-state index is -0.264. The highest BCUT2D eigenvalue weighted by Gasteiger charge is 2.23. The second-order valence-corrected chi connectivity index (χ2v) is 6.12. The van der Waals surface area contributed by atoms with Gasteiger partial charge in [0.2, 0.25) is 5.91 Å². The van der Waals surface area contributed by atoms with Gasteiger partial charge in [0, 0.05) is 26.7 Å². The third kappa shape index (κ3) is 4.59. The second kappa shape index (κ2) is 7.26. The lowest BCUT2D eigenvalue weighted by molar-refractivity contribution is -0.122. The van der Waals surface area contributed by atoms with Gasteiger partial charge in [0.15, 0.2) is 5.13 Å². The summed E-state index contributed by atoms with van der Waals surface area (Å²) in [6.07, 6.45) is 0. The van der Waals surface area contributed by atoms with Crippen LogP contribution in [-0.2, 0) is 4.79 Å². The quantitative estimate of drug-likeness (QED) is 0.810. The molecule has 21 heavy (non-hydrogen) atoms. The number of anilines is 2. The fourth-order valence-corrected chi connectivity index (χ4v) is 2.55. The number of carbonyl (C=O) groups excluding carboxylic acids is 2. The van der Waals surface area contributed by atoms with Crippen LogP contribution in [0.2, 0.25) is 0 Å². The summed E-state index contributed by atoms with van der Waals surface area (Å²) in [5, 5.41) is 3.43. The monoisotopic (exact) mass is 313 g/mol. The number of amides is 2. The molecule has 0 saturated heterocycles. The Labute approximate surface area is 129 Å². The van der Waals surface area contributed by atoms with E-state index >= 15 is 0 Å². The summed E-state index contributed by atoms with van der Waals surface area (Å²) in [4.78, 5) is 32.0. The molecule has 0 spiro atoms. The van der Waals surface area contributed by atoms with E-state index in [4.69, 9.17) is 5.73 Å². The molecule has 118 valence electrons. The molecule has 7 nitrogen and oxygen atoms in total. The molecule has 0 unspecified atom stereocenters. The highest BCUT2D eigenvalue weighted by molar-refractivity contribution is 7.18. The third-order valence-electron chi connectivity index (χ3n) is 2.67. The molecule has 0 saturated carbocycles. The fourth-order valence-electron chi connectivity index (χ4n) is 1.68. The average Bonchev–Trinajstić information content (AvgIpc) is 2.76. The minimum Gasteiger partial charge on any atom is -0.382 e. The Balaban J connectivity index is 2.86. The van der Waals surface area contributed by atoms with Crippen molar-refractivity contribution in [2.45, 2.75) is 26.8 Å². The van der Waals surface area contributed by atoms with Crippen LogP contribution in [-0.4, -0.2) is 54.9 Å². The number of nitrogens with two attached hydrogens (primary N) is 1. The number of nitrogens with zero attached hydrogens (tertiary/aromatic N) is 3. The number of carbonyl (C=O) groups is 2. The van der Waals surface area contributed by atoms with E-state index in [1.807, 2.05) is 34.9 Å². The average molecular weight is 313 g/mol. The molecule has 1 aromatic heterocycles. The largest absolute Gasteiger partial charge is 0.382 e. The summed E-state index contributed by atoms with van der Waals surface area (Å²) >= 11 is 1.23. The van der Waals surface area contributed by atoms with Crippen molar-refractivity contribution in [3.05, 3.63) is 4.88 Å². The highest BCUT2D eigenvalue weighted by Crippen LogP contribution is 2.27. The summed E-state index contributed by atoms with van der Waals surface area (Å²) in [5.74, 6) is -0.243. The molecule has 0 aliphatic carbocycles. The van der Waals surface area contributed by atoms with Crippen molar-refractivity contribution in [3.8, 4) is 0 Å². The van der Waals surface area contributed by atoms with Crippen LogP contribution in [0.1, 0.15) is 30.4 Å². The zero-order valence-electron chi connectivity index (χ0n) is 13.1. The smallest absolute Gasteiger partial charge is 0.268 e. The van der Waals surface area contributed by atoms with Gasteiger partial charge in [0.25, 0.3) is 5.91 Å². The number of thiazole rings is 1. The summed E-state index contributed by atoms with van der Waals surface area (Å²) in [6.45, 7) is 6.02. The number of nitrogen functional groups attached to an aromatic ring is 1. The maximum atomic E-state index is 12.5. The zero-order valence-corrected chi connectivity index (χ0v) is 14.0. The summed E-state index contributed by atoms with van der Waals surface area (Å²) in [7, 11) is 3.67. The molecule has 0 aromatic carbocycles. The molecule has 0 atom stereocenters. The predicted molar refractivity (Wildman–Crippen MR) is 85.7 cm³/mol. The van der Waals surface area contributed by atoms with Gasteiger partial charge in [-0.3, -0.25) is 9.59 Å². The van der Waals surface area contributed by atoms with Crippen molar-refractivity contribution in [1.82, 2.24) is 15.2 Å². The van der Waals surface area contributed by atoms with Gasteiger partial charge in [-0.25, -0.2) is 4.98 Å². The molecule has 1 rings (SSSR count). The molecule has 2 amide bonds. The van der Waals surface area contributed by atoms with Crippen LogP contribution in [0.15, 0.2) is 0 Å². The Kier molecular flexibility index (Phi) is 5.95. The molecule has 0 radical (unpaired) electrons. The van der Waals surface area contributed by atoms with Crippen molar-refractivity contribution in [1.29, 1.82) is 0 Å². The molecule has 0 bridgehead atoms. The van der Waals surface area contributed by atoms with E-state index in [2.05, 4.69) is 10.3 Å². The van der Waals surface area contributed by atoms with Crippen LogP contribution in [0.3, 0.4) is 0 Å². The van der Waals surface area contributed by atoms with Crippen LogP contribution in [0, 0.1) is 0 Å². The maximum Gasteiger partial charge on any atom is 0.268 e. The molecular formula is C13H23N5O2S. The number of aromatic nitrogens is 1. The lowest BCUT2D eigenvalue weighted by Crippen LogP contribution is -2.42. The summed E-state index contributed by atoms with van der Waals surface area (Å²) < 4.78 is 0. The Morgan fingerprint density at radius 1 is 1.38 bits per heavy atom. The van der Waals surface area contributed by atoms with Crippen molar-refractivity contribution in [2.24, 2.45) is 0 Å². The number of hydrogen-bond acceptors (Lipinski definition) is 6. The van der Waals surface area contributed by atoms with Gasteiger partial charge in [-0.05, 0) is 20.8 Å². The Hall–Kier alpha value is -1.83. The van der Waals surface area contributed by atoms with Gasteiger partial charge in [0.1, 0.15) is 10.7 Å². The first-order chi connectivity index (χ1) is 9.76. The van der Waals surface area contributed by atoms with Gasteiger partial charge in [-0.2, -0.15) is 0 Å². The standard InChI is InChI=1S/C13H23N5O2S/c1-6-18(7-9(19)15-8(2)3)12(20)10-11(14)16-13(21-10)17(4)5/h8H,6-7,14H2,1-5H3,(H,15,19). The first kappa shape index (κ1) is 17.2. The normalized spacial score (nSPS) is 10.6. The summed E-state index contributed by atoms with van der Waals surface area (Å²) in [5.41, 5.74) is 5.81. The van der Waals surface area contributed by atoms with E-state index in [1.165, 1.54) is 16.2 Å². The lowest BCUT2D eigenvalue weighted by Gasteiger charge is -2.20. The Morgan fingerprint density at radius 2 is 2.00 bits per heavy atom. The van der Waals surface area contributed by atoms with Crippen LogP contribution in [0.5, 0.6) is 0 Å². The molecule has 0 aliphatic rings. The van der Waals surface area contributed by atoms with E-state index in [9.17, 15) is 9.59 Å². The van der Waals surface area contributed by atoms with E-state index in [0.717, 1.165) is 0 Å². The third-order valence-corrected chi connectivity index (χ3v) is 3.90. The molecule has 3 N–H and O–H groups in total. The van der Waals surface area contributed by atoms with Gasteiger partial charge in [-0.1, -0.05) is 11.3 Å². The van der Waals surface area contributed by atoms with E-state index < -0.39 is 0 Å². The highest BCUT2D eigenvalue weighted by atomic mass is 32.1. The fraction of sp³-hybridized carbons (Fsp3) is 0.615. The van der Waals surface area contributed by atoms with E-state index in [1.54, 1.807) is 4.90 Å². The van der Waals surface area contributed by atoms with Crippen molar-refractivity contribution in [3.63, 3.8) is 0 Å².